The van der Waals surface area contributed by atoms with Crippen molar-refractivity contribution in [3.8, 4) is 0 Å². The molecule has 4 heterocycles. The van der Waals surface area contributed by atoms with Gasteiger partial charge in [0, 0.05) is 81.7 Å². The first-order valence-electron chi connectivity index (χ1n) is 14.6. The van der Waals surface area contributed by atoms with Gasteiger partial charge in [0.15, 0.2) is 0 Å². The second kappa shape index (κ2) is 10.2. The smallest absolute Gasteiger partial charge is 0.226 e. The second-order valence-corrected chi connectivity index (χ2v) is 12.1. The van der Waals surface area contributed by atoms with Gasteiger partial charge in [0.2, 0.25) is 5.91 Å². The Balaban J connectivity index is 1.16. The number of hydrogen-bond donors (Lipinski definition) is 0. The number of piperazine rings is 1. The lowest BCUT2D eigenvalue weighted by Crippen LogP contribution is -2.54. The number of piperidine rings is 1. The van der Waals surface area contributed by atoms with Gasteiger partial charge in [0.05, 0.1) is 16.8 Å². The lowest BCUT2D eigenvalue weighted by atomic mass is 9.75. The number of ether oxygens (including phenoxy) is 1. The summed E-state index contributed by atoms with van der Waals surface area (Å²) >= 11 is 0. The van der Waals surface area contributed by atoms with Crippen molar-refractivity contribution in [1.29, 1.82) is 0 Å². The number of fused-ring (bicyclic) bond motifs is 1. The fourth-order valence-electron chi connectivity index (χ4n) is 6.86. The molecule has 1 unspecified atom stereocenters. The SMILES string of the molecule is COC1(C2C=CC(c3cc4c(N5CCN(C(=O)C6CC6)[C@H](C)C5)ccnn4c3)=CC2)CCN(C(C)C)CC1. The van der Waals surface area contributed by atoms with E-state index in [0.717, 1.165) is 70.3 Å². The predicted octanol–water partition coefficient (Wildman–Crippen LogP) is 4.63. The molecule has 38 heavy (non-hydrogen) atoms. The third kappa shape index (κ3) is 4.68. The van der Waals surface area contributed by atoms with Crippen molar-refractivity contribution in [2.24, 2.45) is 11.8 Å². The molecule has 2 atom stereocenters. The summed E-state index contributed by atoms with van der Waals surface area (Å²) in [5, 5.41) is 4.63. The Hall–Kier alpha value is -2.64. The lowest BCUT2D eigenvalue weighted by molar-refractivity contribution is -0.134. The highest BCUT2D eigenvalue weighted by molar-refractivity contribution is 5.84. The van der Waals surface area contributed by atoms with Crippen molar-refractivity contribution in [3.05, 3.63) is 48.3 Å². The molecule has 0 spiro atoms. The van der Waals surface area contributed by atoms with Gasteiger partial charge >= 0.3 is 0 Å². The van der Waals surface area contributed by atoms with E-state index < -0.39 is 0 Å². The average Bonchev–Trinajstić information content (AvgIpc) is 3.70. The number of likely N-dealkylation sites (tertiary alicyclic amines) is 1. The van der Waals surface area contributed by atoms with Crippen LogP contribution in [0, 0.1) is 11.8 Å². The minimum atomic E-state index is -0.0656. The van der Waals surface area contributed by atoms with E-state index in [1.165, 1.54) is 16.8 Å². The van der Waals surface area contributed by atoms with Crippen LogP contribution in [0.5, 0.6) is 0 Å². The molecule has 2 saturated heterocycles. The molecule has 2 aliphatic heterocycles. The topological polar surface area (TPSA) is 53.3 Å². The fraction of sp³-hybridized carbons (Fsp3) is 0.613. The molecule has 6 rings (SSSR count). The summed E-state index contributed by atoms with van der Waals surface area (Å²) in [6.07, 6.45) is 16.4. The summed E-state index contributed by atoms with van der Waals surface area (Å²) < 4.78 is 8.22. The van der Waals surface area contributed by atoms with Crippen LogP contribution in [-0.4, -0.2) is 82.8 Å². The van der Waals surface area contributed by atoms with E-state index in [4.69, 9.17) is 4.74 Å². The van der Waals surface area contributed by atoms with Crippen LogP contribution in [0.1, 0.15) is 58.4 Å². The van der Waals surface area contributed by atoms with E-state index in [-0.39, 0.29) is 17.6 Å². The van der Waals surface area contributed by atoms with Gasteiger partial charge in [-0.2, -0.15) is 5.10 Å². The average molecular weight is 518 g/mol. The van der Waals surface area contributed by atoms with Crippen molar-refractivity contribution in [2.75, 3.05) is 44.7 Å². The van der Waals surface area contributed by atoms with Gasteiger partial charge in [0.1, 0.15) is 0 Å². The summed E-state index contributed by atoms with van der Waals surface area (Å²) in [4.78, 5) is 19.8. The Labute approximate surface area is 227 Å². The van der Waals surface area contributed by atoms with E-state index >= 15 is 0 Å². The number of allylic oxidation sites excluding steroid dienone is 3. The van der Waals surface area contributed by atoms with Crippen molar-refractivity contribution in [1.82, 2.24) is 19.4 Å². The second-order valence-electron chi connectivity index (χ2n) is 12.1. The molecule has 1 saturated carbocycles. The Morgan fingerprint density at radius 3 is 2.58 bits per heavy atom. The lowest BCUT2D eigenvalue weighted by Gasteiger charge is -2.46. The number of methoxy groups -OCH3 is 1. The molecule has 0 bridgehead atoms. The largest absolute Gasteiger partial charge is 0.378 e. The first kappa shape index (κ1) is 25.6. The molecule has 2 aromatic rings. The van der Waals surface area contributed by atoms with Crippen LogP contribution < -0.4 is 4.90 Å². The summed E-state index contributed by atoms with van der Waals surface area (Å²) in [5.74, 6) is 1.05. The summed E-state index contributed by atoms with van der Waals surface area (Å²) in [7, 11) is 1.90. The molecular formula is C31H43N5O2. The number of carbonyl (C=O) groups is 1. The Morgan fingerprint density at radius 1 is 1.16 bits per heavy atom. The summed E-state index contributed by atoms with van der Waals surface area (Å²) in [5.41, 5.74) is 4.73. The third-order valence-corrected chi connectivity index (χ3v) is 9.55. The molecule has 204 valence electrons. The quantitative estimate of drug-likeness (QED) is 0.559. The Kier molecular flexibility index (Phi) is 6.85. The number of nitrogens with zero attached hydrogens (tertiary/aromatic N) is 5. The van der Waals surface area contributed by atoms with Crippen molar-refractivity contribution in [2.45, 2.75) is 70.6 Å². The monoisotopic (exact) mass is 517 g/mol. The number of carbonyl (C=O) groups excluding carboxylic acids is 1. The maximum atomic E-state index is 12.7. The zero-order valence-corrected chi connectivity index (χ0v) is 23.5. The standard InChI is InChI=1S/C31H43N5O2/c1-22(2)33-15-12-31(38-4,13-16-33)27-9-7-24(8-10-27)26-19-29-28(11-14-32-36(29)21-26)34-17-18-35(23(3)20-34)30(37)25-5-6-25/h7-9,11,14,19,21-23,25,27H,5-6,10,12-13,15-18,20H2,1-4H3/t23-,27?/m1/s1. The van der Waals surface area contributed by atoms with Gasteiger partial charge in [-0.3, -0.25) is 4.79 Å². The van der Waals surface area contributed by atoms with Gasteiger partial charge in [-0.15, -0.1) is 0 Å². The van der Waals surface area contributed by atoms with Gasteiger partial charge in [0.25, 0.3) is 0 Å². The number of anilines is 1. The summed E-state index contributed by atoms with van der Waals surface area (Å²) in [6.45, 7) is 11.5. The van der Waals surface area contributed by atoms with E-state index in [2.05, 4.69) is 77.1 Å². The molecule has 2 aromatic heterocycles. The number of amides is 1. The minimum Gasteiger partial charge on any atom is -0.378 e. The molecule has 1 amide bonds. The number of aromatic nitrogens is 2. The molecule has 0 N–H and O–H groups in total. The fourth-order valence-corrected chi connectivity index (χ4v) is 6.86. The van der Waals surface area contributed by atoms with Gasteiger partial charge < -0.3 is 19.4 Å². The molecule has 0 aromatic carbocycles. The number of hydrogen-bond acceptors (Lipinski definition) is 5. The van der Waals surface area contributed by atoms with E-state index in [1.54, 1.807) is 0 Å². The van der Waals surface area contributed by atoms with Crippen LogP contribution in [0.25, 0.3) is 11.1 Å². The molecule has 2 aliphatic carbocycles. The van der Waals surface area contributed by atoms with Crippen molar-refractivity contribution >= 4 is 22.7 Å². The van der Waals surface area contributed by atoms with Crippen LogP contribution in [0.4, 0.5) is 5.69 Å². The first-order valence-corrected chi connectivity index (χ1v) is 14.6. The normalized spacial score (nSPS) is 26.3. The predicted molar refractivity (Wildman–Crippen MR) is 152 cm³/mol. The zero-order valence-electron chi connectivity index (χ0n) is 23.5. The van der Waals surface area contributed by atoms with Crippen LogP contribution >= 0.6 is 0 Å². The molecule has 4 aliphatic rings. The van der Waals surface area contributed by atoms with E-state index in [9.17, 15) is 4.79 Å². The molecule has 7 nitrogen and oxygen atoms in total. The highest BCUT2D eigenvalue weighted by Gasteiger charge is 2.41. The Bertz CT molecular complexity index is 1230. The van der Waals surface area contributed by atoms with Crippen LogP contribution in [0.2, 0.25) is 0 Å². The maximum absolute atomic E-state index is 12.7. The van der Waals surface area contributed by atoms with Gasteiger partial charge in [-0.25, -0.2) is 4.52 Å². The van der Waals surface area contributed by atoms with Gasteiger partial charge in [-0.1, -0.05) is 18.2 Å². The Morgan fingerprint density at radius 2 is 1.95 bits per heavy atom. The van der Waals surface area contributed by atoms with Crippen LogP contribution in [-0.2, 0) is 9.53 Å². The van der Waals surface area contributed by atoms with Crippen molar-refractivity contribution < 1.29 is 9.53 Å². The van der Waals surface area contributed by atoms with Crippen LogP contribution in [0.15, 0.2) is 42.8 Å². The van der Waals surface area contributed by atoms with Gasteiger partial charge in [-0.05, 0) is 70.6 Å². The summed E-state index contributed by atoms with van der Waals surface area (Å²) in [6, 6.07) is 5.22. The highest BCUT2D eigenvalue weighted by Crippen LogP contribution is 2.40. The molecule has 0 radical (unpaired) electrons. The molecular weight excluding hydrogens is 474 g/mol. The number of rotatable bonds is 6. The zero-order chi connectivity index (χ0) is 26.4. The van der Waals surface area contributed by atoms with E-state index in [0.29, 0.717) is 17.9 Å². The first-order chi connectivity index (χ1) is 18.4. The maximum Gasteiger partial charge on any atom is 0.226 e. The van der Waals surface area contributed by atoms with Crippen LogP contribution in [0.3, 0.4) is 0 Å². The highest BCUT2D eigenvalue weighted by atomic mass is 16.5. The minimum absolute atomic E-state index is 0.0656. The molecule has 7 heteroatoms. The van der Waals surface area contributed by atoms with E-state index in [1.807, 2.05) is 17.8 Å². The molecule has 3 fully saturated rings. The third-order valence-electron chi connectivity index (χ3n) is 9.55. The van der Waals surface area contributed by atoms with Crippen molar-refractivity contribution in [3.63, 3.8) is 0 Å².